The molecular weight excluding hydrogens is 410 g/mol. The maximum atomic E-state index is 12.7. The summed E-state index contributed by atoms with van der Waals surface area (Å²) < 4.78 is 8.15. The van der Waals surface area contributed by atoms with Crippen LogP contribution < -0.4 is 10.1 Å². The number of nitrogens with zero attached hydrogens (tertiary/aromatic N) is 2. The highest BCUT2D eigenvalue weighted by atomic mass is 16.5. The van der Waals surface area contributed by atoms with E-state index in [1.54, 1.807) is 0 Å². The highest BCUT2D eigenvalue weighted by molar-refractivity contribution is 5.95. The van der Waals surface area contributed by atoms with Gasteiger partial charge in [0.05, 0.1) is 24.1 Å². The Hall–Kier alpha value is -3.60. The van der Waals surface area contributed by atoms with E-state index in [9.17, 15) is 4.79 Å². The maximum absolute atomic E-state index is 12.7. The van der Waals surface area contributed by atoms with E-state index in [2.05, 4.69) is 41.9 Å². The molecule has 1 heterocycles. The molecule has 5 nitrogen and oxygen atoms in total. The lowest BCUT2D eigenvalue weighted by Gasteiger charge is -2.13. The number of fused-ring (bicyclic) bond motifs is 1. The molecule has 1 unspecified atom stereocenters. The first-order valence-electron chi connectivity index (χ1n) is 11.6. The Morgan fingerprint density at radius 3 is 2.52 bits per heavy atom. The summed E-state index contributed by atoms with van der Waals surface area (Å²) in [5.41, 5.74) is 4.92. The molecule has 3 aromatic carbocycles. The van der Waals surface area contributed by atoms with Crippen LogP contribution >= 0.6 is 0 Å². The van der Waals surface area contributed by atoms with Crippen molar-refractivity contribution in [3.8, 4) is 5.75 Å². The van der Waals surface area contributed by atoms with E-state index < -0.39 is 0 Å². The average Bonchev–Trinajstić information content (AvgIpc) is 3.20. The molecule has 170 valence electrons. The monoisotopic (exact) mass is 441 g/mol. The molecule has 1 amide bonds. The number of hydrogen-bond acceptors (Lipinski definition) is 3. The zero-order valence-corrected chi connectivity index (χ0v) is 19.5. The quantitative estimate of drug-likeness (QED) is 0.354. The second-order valence-corrected chi connectivity index (χ2v) is 8.39. The Morgan fingerprint density at radius 1 is 1.03 bits per heavy atom. The summed E-state index contributed by atoms with van der Waals surface area (Å²) in [5.74, 6) is 2.13. The van der Waals surface area contributed by atoms with Crippen molar-refractivity contribution < 1.29 is 9.53 Å². The summed E-state index contributed by atoms with van der Waals surface area (Å²) in [6.07, 6.45) is 1.12. The predicted molar refractivity (Wildman–Crippen MR) is 133 cm³/mol. The fourth-order valence-corrected chi connectivity index (χ4v) is 3.98. The van der Waals surface area contributed by atoms with Gasteiger partial charge in [-0.15, -0.1) is 0 Å². The van der Waals surface area contributed by atoms with Crippen LogP contribution in [-0.2, 0) is 13.1 Å². The zero-order chi connectivity index (χ0) is 23.2. The number of rotatable bonds is 9. The van der Waals surface area contributed by atoms with E-state index in [0.29, 0.717) is 31.2 Å². The summed E-state index contributed by atoms with van der Waals surface area (Å²) >= 11 is 0. The van der Waals surface area contributed by atoms with Crippen LogP contribution in [0.3, 0.4) is 0 Å². The fraction of sp³-hybridized carbons (Fsp3) is 0.286. The van der Waals surface area contributed by atoms with Gasteiger partial charge >= 0.3 is 0 Å². The summed E-state index contributed by atoms with van der Waals surface area (Å²) in [7, 11) is 0. The minimum atomic E-state index is -0.0932. The van der Waals surface area contributed by atoms with Crippen molar-refractivity contribution in [1.29, 1.82) is 0 Å². The predicted octanol–water partition coefficient (Wildman–Crippen LogP) is 5.87. The van der Waals surface area contributed by atoms with Gasteiger partial charge in [0.15, 0.2) is 0 Å². The molecule has 33 heavy (non-hydrogen) atoms. The van der Waals surface area contributed by atoms with Crippen LogP contribution in [-0.4, -0.2) is 22.1 Å². The van der Waals surface area contributed by atoms with Crippen LogP contribution in [0.5, 0.6) is 5.75 Å². The molecule has 0 aliphatic carbocycles. The zero-order valence-electron chi connectivity index (χ0n) is 19.5. The lowest BCUT2D eigenvalue weighted by Crippen LogP contribution is -2.26. The molecule has 0 fully saturated rings. The normalized spacial score (nSPS) is 12.0. The van der Waals surface area contributed by atoms with Crippen LogP contribution in [0.4, 0.5) is 0 Å². The van der Waals surface area contributed by atoms with Gasteiger partial charge in [-0.25, -0.2) is 4.98 Å². The number of ether oxygens (including phenoxy) is 1. The van der Waals surface area contributed by atoms with E-state index >= 15 is 0 Å². The van der Waals surface area contributed by atoms with E-state index in [1.807, 2.05) is 61.5 Å². The van der Waals surface area contributed by atoms with Gasteiger partial charge < -0.3 is 14.6 Å². The molecule has 0 saturated heterocycles. The number of carbonyl (C=O) groups is 1. The van der Waals surface area contributed by atoms with Crippen LogP contribution in [0.1, 0.15) is 53.5 Å². The Balaban J connectivity index is 1.45. The van der Waals surface area contributed by atoms with Gasteiger partial charge in [0.1, 0.15) is 18.2 Å². The number of aryl methyl sites for hydroxylation is 1. The van der Waals surface area contributed by atoms with Crippen LogP contribution in [0.25, 0.3) is 11.0 Å². The highest BCUT2D eigenvalue weighted by Gasteiger charge is 2.13. The van der Waals surface area contributed by atoms with Gasteiger partial charge in [0.25, 0.3) is 5.91 Å². The molecular formula is C28H31N3O2. The summed E-state index contributed by atoms with van der Waals surface area (Å²) in [6, 6.07) is 24.0. The second-order valence-electron chi connectivity index (χ2n) is 8.39. The average molecular weight is 442 g/mol. The summed E-state index contributed by atoms with van der Waals surface area (Å²) in [6.45, 7) is 7.89. The standard InChI is InChI=1S/C28H31N3O2/c1-4-20(2)22-13-15-23(16-14-22)33-18-17-31-26-12-8-7-11-25(26)30-27(31)19-29-28(32)24-10-6-5-9-21(24)3/h5-16,20H,4,17-19H2,1-3H3,(H,29,32). The molecule has 1 aromatic heterocycles. The van der Waals surface area contributed by atoms with Gasteiger partial charge in [0.2, 0.25) is 0 Å². The van der Waals surface area contributed by atoms with Crippen molar-refractivity contribution in [2.24, 2.45) is 0 Å². The number of para-hydroxylation sites is 2. The number of imidazole rings is 1. The number of benzene rings is 3. The van der Waals surface area contributed by atoms with Gasteiger partial charge in [0, 0.05) is 5.56 Å². The van der Waals surface area contributed by atoms with Crippen LogP contribution in [0.15, 0.2) is 72.8 Å². The van der Waals surface area contributed by atoms with Gasteiger partial charge in [-0.05, 0) is 60.7 Å². The third-order valence-electron chi connectivity index (χ3n) is 6.18. The van der Waals surface area contributed by atoms with Gasteiger partial charge in [-0.3, -0.25) is 4.79 Å². The molecule has 4 rings (SSSR count). The van der Waals surface area contributed by atoms with Crippen molar-refractivity contribution in [1.82, 2.24) is 14.9 Å². The molecule has 1 atom stereocenters. The number of carbonyl (C=O) groups excluding carboxylic acids is 1. The SMILES string of the molecule is CCC(C)c1ccc(OCCn2c(CNC(=O)c3ccccc3C)nc3ccccc32)cc1. The Labute approximate surface area is 195 Å². The third kappa shape index (κ3) is 5.25. The lowest BCUT2D eigenvalue weighted by molar-refractivity contribution is 0.0949. The molecule has 0 aliphatic heterocycles. The van der Waals surface area contributed by atoms with Crippen LogP contribution in [0.2, 0.25) is 0 Å². The highest BCUT2D eigenvalue weighted by Crippen LogP contribution is 2.22. The van der Waals surface area contributed by atoms with Crippen molar-refractivity contribution in [3.05, 3.63) is 95.3 Å². The van der Waals surface area contributed by atoms with E-state index in [0.717, 1.165) is 34.6 Å². The van der Waals surface area contributed by atoms with Crippen LogP contribution in [0, 0.1) is 6.92 Å². The smallest absolute Gasteiger partial charge is 0.251 e. The largest absolute Gasteiger partial charge is 0.492 e. The van der Waals surface area contributed by atoms with E-state index in [4.69, 9.17) is 9.72 Å². The lowest BCUT2D eigenvalue weighted by atomic mass is 9.99. The molecule has 0 radical (unpaired) electrons. The minimum Gasteiger partial charge on any atom is -0.492 e. The Morgan fingerprint density at radius 2 is 1.76 bits per heavy atom. The van der Waals surface area contributed by atoms with E-state index in [1.165, 1.54) is 5.56 Å². The van der Waals surface area contributed by atoms with Crippen molar-refractivity contribution in [3.63, 3.8) is 0 Å². The molecule has 0 saturated carbocycles. The minimum absolute atomic E-state index is 0.0932. The van der Waals surface area contributed by atoms with Gasteiger partial charge in [-0.1, -0.05) is 56.3 Å². The topological polar surface area (TPSA) is 56.1 Å². The molecule has 4 aromatic rings. The first-order valence-corrected chi connectivity index (χ1v) is 11.6. The number of amides is 1. The van der Waals surface area contributed by atoms with E-state index in [-0.39, 0.29) is 5.91 Å². The van der Waals surface area contributed by atoms with Crippen molar-refractivity contribution >= 4 is 16.9 Å². The molecule has 1 N–H and O–H groups in total. The Kier molecular flexibility index (Phi) is 7.08. The second kappa shape index (κ2) is 10.3. The fourth-order valence-electron chi connectivity index (χ4n) is 3.98. The first kappa shape index (κ1) is 22.6. The maximum Gasteiger partial charge on any atom is 0.251 e. The number of aromatic nitrogens is 2. The first-order chi connectivity index (χ1) is 16.1. The molecule has 0 aliphatic rings. The third-order valence-corrected chi connectivity index (χ3v) is 6.18. The Bertz CT molecular complexity index is 1230. The molecule has 5 heteroatoms. The summed E-state index contributed by atoms with van der Waals surface area (Å²) in [4.78, 5) is 17.4. The van der Waals surface area contributed by atoms with Crippen molar-refractivity contribution in [2.45, 2.75) is 46.2 Å². The number of hydrogen-bond donors (Lipinski definition) is 1. The number of nitrogens with one attached hydrogen (secondary N) is 1. The summed E-state index contributed by atoms with van der Waals surface area (Å²) in [5, 5.41) is 3.02. The van der Waals surface area contributed by atoms with Crippen molar-refractivity contribution in [2.75, 3.05) is 6.61 Å². The molecule has 0 spiro atoms. The molecule has 0 bridgehead atoms. The van der Waals surface area contributed by atoms with Gasteiger partial charge in [-0.2, -0.15) is 0 Å².